The normalized spacial score (nSPS) is 9.40. The fourth-order valence-electron chi connectivity index (χ4n) is 0.716. The van der Waals surface area contributed by atoms with Crippen LogP contribution in [-0.4, -0.2) is 6.67 Å². The van der Waals surface area contributed by atoms with Crippen LogP contribution in [0.4, 0.5) is 5.69 Å². The molecule has 0 bridgehead atoms. The molecule has 0 aromatic heterocycles. The number of nitrogens with one attached hydrogen (secondary N) is 1. The fraction of sp³-hybridized carbons (Fsp3) is 0.143. The summed E-state index contributed by atoms with van der Waals surface area (Å²) >= 11 is 3.35. The number of rotatable bonds is 2. The molecule has 1 aromatic carbocycles. The molecule has 1 rings (SSSR count). The van der Waals surface area contributed by atoms with Gasteiger partial charge in [0.2, 0.25) is 0 Å². The van der Waals surface area contributed by atoms with Gasteiger partial charge in [0, 0.05) is 10.2 Å². The summed E-state index contributed by atoms with van der Waals surface area (Å²) in [5, 5.41) is 3.00. The van der Waals surface area contributed by atoms with Gasteiger partial charge in [-0.1, -0.05) is 22.0 Å². The molecule has 0 radical (unpaired) electrons. The van der Waals surface area contributed by atoms with Gasteiger partial charge in [0.15, 0.2) is 0 Å². The number of hydrogen-bond donors (Lipinski definition) is 2. The predicted molar refractivity (Wildman–Crippen MR) is 46.8 cm³/mol. The third kappa shape index (κ3) is 2.01. The van der Waals surface area contributed by atoms with E-state index in [0.29, 0.717) is 6.67 Å². The molecule has 3 N–H and O–H groups in total. The summed E-state index contributed by atoms with van der Waals surface area (Å²) in [4.78, 5) is 0. The number of halogens is 1. The molecule has 1 aromatic rings. The van der Waals surface area contributed by atoms with Gasteiger partial charge in [-0.05, 0) is 18.2 Å². The van der Waals surface area contributed by atoms with E-state index in [9.17, 15) is 0 Å². The van der Waals surface area contributed by atoms with Crippen LogP contribution in [0, 0.1) is 0 Å². The molecule has 0 aliphatic heterocycles. The largest absolute Gasteiger partial charge is 0.373 e. The van der Waals surface area contributed by atoms with Crippen molar-refractivity contribution in [2.24, 2.45) is 5.73 Å². The Bertz CT molecular complexity index is 213. The van der Waals surface area contributed by atoms with Crippen molar-refractivity contribution in [2.75, 3.05) is 12.0 Å². The van der Waals surface area contributed by atoms with Crippen molar-refractivity contribution in [3.05, 3.63) is 28.7 Å². The zero-order valence-electron chi connectivity index (χ0n) is 5.47. The van der Waals surface area contributed by atoms with Crippen LogP contribution in [0.2, 0.25) is 0 Å². The maximum Gasteiger partial charge on any atom is 0.0628 e. The van der Waals surface area contributed by atoms with Crippen molar-refractivity contribution >= 4 is 21.6 Å². The minimum Gasteiger partial charge on any atom is -0.373 e. The van der Waals surface area contributed by atoms with E-state index in [0.717, 1.165) is 10.2 Å². The third-order valence-corrected chi connectivity index (χ3v) is 1.62. The molecule has 0 heterocycles. The summed E-state index contributed by atoms with van der Waals surface area (Å²) in [5.74, 6) is 0. The van der Waals surface area contributed by atoms with Crippen LogP contribution in [0.5, 0.6) is 0 Å². The Hall–Kier alpha value is -0.540. The fourth-order valence-corrected chi connectivity index (χ4v) is 1.12. The van der Waals surface area contributed by atoms with Crippen molar-refractivity contribution in [1.29, 1.82) is 0 Å². The Balaban J connectivity index is 2.75. The van der Waals surface area contributed by atoms with E-state index in [4.69, 9.17) is 5.73 Å². The SMILES string of the molecule is NCNc1cccc(Br)c1. The van der Waals surface area contributed by atoms with E-state index in [1.807, 2.05) is 24.3 Å². The monoisotopic (exact) mass is 200 g/mol. The molecular weight excluding hydrogens is 192 g/mol. The first-order valence-electron chi connectivity index (χ1n) is 3.02. The Morgan fingerprint density at radius 3 is 2.90 bits per heavy atom. The van der Waals surface area contributed by atoms with Crippen LogP contribution in [0.25, 0.3) is 0 Å². The molecule has 0 aliphatic rings. The van der Waals surface area contributed by atoms with Crippen LogP contribution in [0.3, 0.4) is 0 Å². The molecule has 0 unspecified atom stereocenters. The lowest BCUT2D eigenvalue weighted by Crippen LogP contribution is -2.10. The summed E-state index contributed by atoms with van der Waals surface area (Å²) in [6, 6.07) is 7.88. The van der Waals surface area contributed by atoms with Gasteiger partial charge in [-0.2, -0.15) is 0 Å². The third-order valence-electron chi connectivity index (χ3n) is 1.13. The second-order valence-electron chi connectivity index (χ2n) is 1.89. The summed E-state index contributed by atoms with van der Waals surface area (Å²) in [7, 11) is 0. The molecule has 3 heteroatoms. The number of benzene rings is 1. The van der Waals surface area contributed by atoms with Gasteiger partial charge in [-0.25, -0.2) is 0 Å². The lowest BCUT2D eigenvalue weighted by atomic mass is 10.3. The second-order valence-corrected chi connectivity index (χ2v) is 2.81. The lowest BCUT2D eigenvalue weighted by Gasteiger charge is -2.01. The van der Waals surface area contributed by atoms with Gasteiger partial charge in [0.1, 0.15) is 0 Å². The molecule has 0 saturated carbocycles. The molecule has 2 nitrogen and oxygen atoms in total. The summed E-state index contributed by atoms with van der Waals surface area (Å²) in [5.41, 5.74) is 6.32. The molecule has 54 valence electrons. The standard InChI is InChI=1S/C7H9BrN2/c8-6-2-1-3-7(4-6)10-5-9/h1-4,10H,5,9H2. The maximum atomic E-state index is 5.28. The number of hydrogen-bond acceptors (Lipinski definition) is 2. The average Bonchev–Trinajstić information content (AvgIpc) is 1.88. The van der Waals surface area contributed by atoms with Crippen molar-refractivity contribution < 1.29 is 0 Å². The van der Waals surface area contributed by atoms with E-state index in [1.165, 1.54) is 0 Å². The summed E-state index contributed by atoms with van der Waals surface area (Å²) < 4.78 is 1.06. The van der Waals surface area contributed by atoms with Gasteiger partial charge >= 0.3 is 0 Å². The lowest BCUT2D eigenvalue weighted by molar-refractivity contribution is 1.14. The Morgan fingerprint density at radius 2 is 2.30 bits per heavy atom. The highest BCUT2D eigenvalue weighted by Crippen LogP contribution is 2.14. The first-order chi connectivity index (χ1) is 4.83. The summed E-state index contributed by atoms with van der Waals surface area (Å²) in [6.45, 7) is 0.469. The van der Waals surface area contributed by atoms with Crippen LogP contribution in [-0.2, 0) is 0 Å². The quantitative estimate of drug-likeness (QED) is 0.715. The molecule has 0 spiro atoms. The smallest absolute Gasteiger partial charge is 0.0628 e. The number of nitrogens with two attached hydrogens (primary N) is 1. The van der Waals surface area contributed by atoms with Crippen molar-refractivity contribution in [3.63, 3.8) is 0 Å². The molecule has 0 amide bonds. The Morgan fingerprint density at radius 1 is 1.50 bits per heavy atom. The summed E-state index contributed by atoms with van der Waals surface area (Å²) in [6.07, 6.45) is 0. The van der Waals surface area contributed by atoms with E-state index in [1.54, 1.807) is 0 Å². The Labute approximate surface area is 68.6 Å². The molecule has 0 aliphatic carbocycles. The van der Waals surface area contributed by atoms with E-state index in [2.05, 4.69) is 21.2 Å². The van der Waals surface area contributed by atoms with Crippen molar-refractivity contribution in [2.45, 2.75) is 0 Å². The van der Waals surface area contributed by atoms with Gasteiger partial charge in [0.05, 0.1) is 6.67 Å². The maximum absolute atomic E-state index is 5.28. The van der Waals surface area contributed by atoms with Crippen molar-refractivity contribution in [3.8, 4) is 0 Å². The minimum absolute atomic E-state index is 0.469. The molecular formula is C7H9BrN2. The van der Waals surface area contributed by atoms with Crippen LogP contribution in [0.1, 0.15) is 0 Å². The topological polar surface area (TPSA) is 38.0 Å². The van der Waals surface area contributed by atoms with Gasteiger partial charge in [-0.3, -0.25) is 0 Å². The molecule has 0 fully saturated rings. The van der Waals surface area contributed by atoms with E-state index in [-0.39, 0.29) is 0 Å². The van der Waals surface area contributed by atoms with Crippen LogP contribution < -0.4 is 11.1 Å². The van der Waals surface area contributed by atoms with Crippen LogP contribution in [0.15, 0.2) is 28.7 Å². The second kappa shape index (κ2) is 3.58. The zero-order valence-corrected chi connectivity index (χ0v) is 7.06. The average molecular weight is 201 g/mol. The highest BCUT2D eigenvalue weighted by molar-refractivity contribution is 9.10. The predicted octanol–water partition coefficient (Wildman–Crippen LogP) is 1.78. The van der Waals surface area contributed by atoms with Crippen molar-refractivity contribution in [1.82, 2.24) is 0 Å². The van der Waals surface area contributed by atoms with E-state index < -0.39 is 0 Å². The molecule has 0 saturated heterocycles. The van der Waals surface area contributed by atoms with E-state index >= 15 is 0 Å². The first kappa shape index (κ1) is 7.57. The number of anilines is 1. The highest BCUT2D eigenvalue weighted by Gasteiger charge is 1.88. The Kier molecular flexibility index (Phi) is 2.71. The van der Waals surface area contributed by atoms with Gasteiger partial charge in [0.25, 0.3) is 0 Å². The molecule has 0 atom stereocenters. The van der Waals surface area contributed by atoms with Crippen LogP contribution >= 0.6 is 15.9 Å². The minimum atomic E-state index is 0.469. The highest BCUT2D eigenvalue weighted by atomic mass is 79.9. The first-order valence-corrected chi connectivity index (χ1v) is 3.82. The molecule has 10 heavy (non-hydrogen) atoms. The zero-order chi connectivity index (χ0) is 7.40. The van der Waals surface area contributed by atoms with Gasteiger partial charge < -0.3 is 11.1 Å². The van der Waals surface area contributed by atoms with Gasteiger partial charge in [-0.15, -0.1) is 0 Å².